The number of ether oxygens (including phenoxy) is 3. The molecule has 0 fully saturated rings. The van der Waals surface area contributed by atoms with Crippen LogP contribution in [0.3, 0.4) is 0 Å². The van der Waals surface area contributed by atoms with Crippen LogP contribution in [0, 0.1) is 10.1 Å². The number of hydrogen-bond acceptors (Lipinski definition) is 7. The number of rotatable bonds is 9. The van der Waals surface area contributed by atoms with Crippen molar-refractivity contribution < 1.29 is 23.9 Å². The van der Waals surface area contributed by atoms with Gasteiger partial charge >= 0.3 is 0 Å². The average Bonchev–Trinajstić information content (AvgIpc) is 2.88. The fourth-order valence-corrected chi connectivity index (χ4v) is 4.08. The van der Waals surface area contributed by atoms with Gasteiger partial charge in [-0.3, -0.25) is 19.8 Å². The molecule has 0 saturated heterocycles. The van der Waals surface area contributed by atoms with Crippen molar-refractivity contribution in [1.82, 2.24) is 4.90 Å². The monoisotopic (exact) mass is 477 g/mol. The van der Waals surface area contributed by atoms with Crippen molar-refractivity contribution in [2.75, 3.05) is 39.2 Å². The molecule has 0 spiro atoms. The Hall–Kier alpha value is -4.11. The smallest absolute Gasteiger partial charge is 0.282 e. The van der Waals surface area contributed by atoms with Crippen LogP contribution in [0.2, 0.25) is 0 Å². The number of fused-ring (bicyclic) bond motifs is 1. The molecule has 0 unspecified atom stereocenters. The maximum Gasteiger partial charge on any atom is 0.282 e. The third-order valence-electron chi connectivity index (χ3n) is 5.93. The van der Waals surface area contributed by atoms with E-state index in [-0.39, 0.29) is 11.3 Å². The first-order valence-electron chi connectivity index (χ1n) is 11.2. The molecule has 3 aromatic carbocycles. The van der Waals surface area contributed by atoms with E-state index in [1.807, 2.05) is 6.07 Å². The molecule has 0 atom stereocenters. The van der Waals surface area contributed by atoms with Gasteiger partial charge in [0, 0.05) is 31.4 Å². The number of benzene rings is 3. The van der Waals surface area contributed by atoms with Crippen molar-refractivity contribution in [3.8, 4) is 17.2 Å². The molecule has 1 heterocycles. The molecular formula is C26H27N3O6. The molecule has 1 aliphatic heterocycles. The van der Waals surface area contributed by atoms with E-state index in [2.05, 4.69) is 16.3 Å². The molecule has 9 nitrogen and oxygen atoms in total. The Labute approximate surface area is 203 Å². The van der Waals surface area contributed by atoms with E-state index in [4.69, 9.17) is 14.2 Å². The van der Waals surface area contributed by atoms with E-state index in [1.54, 1.807) is 44.6 Å². The van der Waals surface area contributed by atoms with Crippen LogP contribution in [0.25, 0.3) is 0 Å². The van der Waals surface area contributed by atoms with E-state index in [9.17, 15) is 14.9 Å². The maximum absolute atomic E-state index is 12.5. The second kappa shape index (κ2) is 10.9. The Morgan fingerprint density at radius 3 is 2.40 bits per heavy atom. The van der Waals surface area contributed by atoms with Crippen molar-refractivity contribution in [1.29, 1.82) is 0 Å². The number of para-hydroxylation sites is 1. The number of carbonyl (C=O) groups excluding carboxylic acids is 1. The highest BCUT2D eigenvalue weighted by Crippen LogP contribution is 2.33. The zero-order chi connectivity index (χ0) is 24.8. The molecule has 0 bridgehead atoms. The van der Waals surface area contributed by atoms with Gasteiger partial charge in [0.15, 0.2) is 11.5 Å². The van der Waals surface area contributed by atoms with E-state index in [0.29, 0.717) is 18.0 Å². The third kappa shape index (κ3) is 5.70. The number of methoxy groups -OCH3 is 2. The van der Waals surface area contributed by atoms with Gasteiger partial charge in [0.05, 0.1) is 19.1 Å². The summed E-state index contributed by atoms with van der Waals surface area (Å²) in [7, 11) is 3.29. The summed E-state index contributed by atoms with van der Waals surface area (Å²) in [6.45, 7) is 3.03. The summed E-state index contributed by atoms with van der Waals surface area (Å²) >= 11 is 0. The second-order valence-electron chi connectivity index (χ2n) is 8.10. The Morgan fingerprint density at radius 2 is 1.71 bits per heavy atom. The van der Waals surface area contributed by atoms with Gasteiger partial charge in [0.25, 0.3) is 11.6 Å². The summed E-state index contributed by atoms with van der Waals surface area (Å²) in [4.78, 5) is 25.4. The van der Waals surface area contributed by atoms with Crippen LogP contribution >= 0.6 is 0 Å². The first-order valence-corrected chi connectivity index (χ1v) is 11.2. The van der Waals surface area contributed by atoms with E-state index in [1.165, 1.54) is 29.3 Å². The van der Waals surface area contributed by atoms with Crippen molar-refractivity contribution in [2.45, 2.75) is 13.0 Å². The Kier molecular flexibility index (Phi) is 7.47. The molecule has 0 aromatic heterocycles. The molecule has 1 N–H and O–H groups in total. The van der Waals surface area contributed by atoms with E-state index in [0.717, 1.165) is 37.6 Å². The fourth-order valence-electron chi connectivity index (χ4n) is 4.08. The van der Waals surface area contributed by atoms with Crippen molar-refractivity contribution >= 4 is 17.3 Å². The largest absolute Gasteiger partial charge is 0.493 e. The van der Waals surface area contributed by atoms with Crippen molar-refractivity contribution in [2.24, 2.45) is 0 Å². The van der Waals surface area contributed by atoms with E-state index < -0.39 is 10.8 Å². The van der Waals surface area contributed by atoms with Gasteiger partial charge in [0.2, 0.25) is 0 Å². The first-order chi connectivity index (χ1) is 17.0. The minimum Gasteiger partial charge on any atom is -0.493 e. The molecule has 3 aromatic rings. The number of carbonyl (C=O) groups is 1. The quantitative estimate of drug-likeness (QED) is 0.362. The summed E-state index contributed by atoms with van der Waals surface area (Å²) in [5, 5.41) is 13.8. The lowest BCUT2D eigenvalue weighted by Crippen LogP contribution is -2.33. The minimum atomic E-state index is -0.569. The van der Waals surface area contributed by atoms with Gasteiger partial charge in [-0.1, -0.05) is 12.1 Å². The van der Waals surface area contributed by atoms with Crippen LogP contribution in [0.15, 0.2) is 60.7 Å². The Balaban J connectivity index is 1.29. The molecule has 182 valence electrons. The van der Waals surface area contributed by atoms with Crippen LogP contribution in [0.1, 0.15) is 21.5 Å². The normalized spacial score (nSPS) is 13.0. The summed E-state index contributed by atoms with van der Waals surface area (Å²) < 4.78 is 16.7. The summed E-state index contributed by atoms with van der Waals surface area (Å²) in [6, 6.07) is 16.9. The first kappa shape index (κ1) is 24.0. The van der Waals surface area contributed by atoms with Crippen LogP contribution in [0.4, 0.5) is 11.4 Å². The average molecular weight is 478 g/mol. The zero-order valence-corrected chi connectivity index (χ0v) is 19.7. The predicted octanol–water partition coefficient (Wildman–Crippen LogP) is 4.30. The van der Waals surface area contributed by atoms with Crippen LogP contribution in [0.5, 0.6) is 17.2 Å². The molecule has 0 radical (unpaired) electrons. The molecule has 9 heteroatoms. The van der Waals surface area contributed by atoms with Gasteiger partial charge in [0.1, 0.15) is 17.9 Å². The van der Waals surface area contributed by atoms with E-state index >= 15 is 0 Å². The highest BCUT2D eigenvalue weighted by molar-refractivity contribution is 6.07. The molecule has 35 heavy (non-hydrogen) atoms. The standard InChI is InChI=1S/C26H27N3O6/c1-33-24-15-18-11-12-28(17-19(18)16-25(24)34-2)13-14-35-21-9-7-20(8-10-21)27-26(30)22-5-3-4-6-23(22)29(31)32/h3-10,15-16H,11-14,17H2,1-2H3,(H,27,30). The van der Waals surface area contributed by atoms with Gasteiger partial charge in [-0.15, -0.1) is 0 Å². The molecule has 0 saturated carbocycles. The van der Waals surface area contributed by atoms with Crippen LogP contribution in [-0.2, 0) is 13.0 Å². The lowest BCUT2D eigenvalue weighted by molar-refractivity contribution is -0.385. The molecular weight excluding hydrogens is 450 g/mol. The van der Waals surface area contributed by atoms with Crippen molar-refractivity contribution in [3.05, 3.63) is 87.5 Å². The number of nitrogens with one attached hydrogen (secondary N) is 1. The predicted molar refractivity (Wildman–Crippen MR) is 132 cm³/mol. The molecule has 1 aliphatic rings. The molecule has 0 aliphatic carbocycles. The second-order valence-corrected chi connectivity index (χ2v) is 8.10. The molecule has 4 rings (SSSR count). The Morgan fingerprint density at radius 1 is 1.03 bits per heavy atom. The highest BCUT2D eigenvalue weighted by atomic mass is 16.6. The lowest BCUT2D eigenvalue weighted by Gasteiger charge is -2.29. The Bertz CT molecular complexity index is 1210. The number of nitrogens with zero attached hydrogens (tertiary/aromatic N) is 2. The summed E-state index contributed by atoms with van der Waals surface area (Å²) in [6.07, 6.45) is 0.934. The van der Waals surface area contributed by atoms with Crippen LogP contribution in [-0.4, -0.2) is 49.6 Å². The van der Waals surface area contributed by atoms with Gasteiger partial charge in [-0.05, 0) is 60.0 Å². The van der Waals surface area contributed by atoms with Gasteiger partial charge < -0.3 is 19.5 Å². The van der Waals surface area contributed by atoms with Gasteiger partial charge in [-0.25, -0.2) is 0 Å². The minimum absolute atomic E-state index is 0.0111. The van der Waals surface area contributed by atoms with Crippen molar-refractivity contribution in [3.63, 3.8) is 0 Å². The number of nitro groups is 1. The van der Waals surface area contributed by atoms with Gasteiger partial charge in [-0.2, -0.15) is 0 Å². The zero-order valence-electron chi connectivity index (χ0n) is 19.7. The lowest BCUT2D eigenvalue weighted by atomic mass is 9.99. The number of nitro benzene ring substituents is 1. The molecule has 1 amide bonds. The number of anilines is 1. The number of hydrogen-bond donors (Lipinski definition) is 1. The topological polar surface area (TPSA) is 103 Å². The highest BCUT2D eigenvalue weighted by Gasteiger charge is 2.20. The maximum atomic E-state index is 12.5. The fraction of sp³-hybridized carbons (Fsp3) is 0.269. The number of amides is 1. The summed E-state index contributed by atoms with van der Waals surface area (Å²) in [5.41, 5.74) is 2.81. The third-order valence-corrected chi connectivity index (χ3v) is 5.93. The SMILES string of the molecule is COc1cc2c(cc1OC)CN(CCOc1ccc(NC(=O)c3ccccc3[N+](=O)[O-])cc1)CC2. The summed E-state index contributed by atoms with van der Waals surface area (Å²) in [5.74, 6) is 1.63. The van der Waals surface area contributed by atoms with Crippen LogP contribution < -0.4 is 19.5 Å².